The Labute approximate surface area is 118 Å². The van der Waals surface area contributed by atoms with Crippen molar-refractivity contribution in [3.8, 4) is 11.8 Å². The van der Waals surface area contributed by atoms with Gasteiger partial charge in [-0.25, -0.2) is 13.1 Å². The average Bonchev–Trinajstić information content (AvgIpc) is 2.38. The second-order valence-electron chi connectivity index (χ2n) is 4.46. The molecule has 0 saturated heterocycles. The van der Waals surface area contributed by atoms with Gasteiger partial charge in [-0.2, -0.15) is 5.26 Å². The number of nitriles is 1. The van der Waals surface area contributed by atoms with Crippen LogP contribution in [0, 0.1) is 11.3 Å². The first-order chi connectivity index (χ1) is 9.26. The maximum absolute atomic E-state index is 11.7. The highest BCUT2D eigenvalue weighted by Crippen LogP contribution is 2.13. The summed E-state index contributed by atoms with van der Waals surface area (Å²) < 4.78 is 30.4. The van der Waals surface area contributed by atoms with Crippen LogP contribution >= 0.6 is 0 Å². The number of ether oxygens (including phenoxy) is 1. The molecule has 1 amide bonds. The molecule has 1 aromatic rings. The van der Waals surface area contributed by atoms with Crippen molar-refractivity contribution in [2.75, 3.05) is 0 Å². The van der Waals surface area contributed by atoms with Crippen LogP contribution in [-0.2, 0) is 14.8 Å². The van der Waals surface area contributed by atoms with E-state index in [0.717, 1.165) is 0 Å². The van der Waals surface area contributed by atoms with Crippen LogP contribution in [-0.4, -0.2) is 25.7 Å². The fraction of sp³-hybridized carbons (Fsp3) is 0.385. The fourth-order valence-corrected chi connectivity index (χ4v) is 1.89. The van der Waals surface area contributed by atoms with Gasteiger partial charge in [0, 0.05) is 0 Å². The Morgan fingerprint density at radius 3 is 2.25 bits per heavy atom. The van der Waals surface area contributed by atoms with E-state index in [0.29, 0.717) is 11.3 Å². The summed E-state index contributed by atoms with van der Waals surface area (Å²) in [5, 5.41) is 7.96. The molecule has 1 N–H and O–H groups in total. The number of nitrogens with one attached hydrogen (secondary N) is 1. The van der Waals surface area contributed by atoms with E-state index in [-0.39, 0.29) is 0 Å². The molecule has 1 atom stereocenters. The molecular weight excluding hydrogens is 280 g/mol. The van der Waals surface area contributed by atoms with E-state index in [1.165, 1.54) is 20.8 Å². The largest absolute Gasteiger partial charge is 0.481 e. The maximum atomic E-state index is 11.7. The molecule has 0 fully saturated rings. The van der Waals surface area contributed by atoms with Gasteiger partial charge in [-0.1, -0.05) is 0 Å². The number of rotatable bonds is 5. The molecule has 0 radical (unpaired) electrons. The van der Waals surface area contributed by atoms with Crippen LogP contribution in [0.1, 0.15) is 26.3 Å². The van der Waals surface area contributed by atoms with Gasteiger partial charge < -0.3 is 4.74 Å². The van der Waals surface area contributed by atoms with Crippen molar-refractivity contribution in [1.29, 1.82) is 5.26 Å². The van der Waals surface area contributed by atoms with Crippen LogP contribution in [0.5, 0.6) is 5.75 Å². The molecule has 20 heavy (non-hydrogen) atoms. The fourth-order valence-electron chi connectivity index (χ4n) is 1.21. The van der Waals surface area contributed by atoms with Gasteiger partial charge in [0.2, 0.25) is 10.0 Å². The van der Waals surface area contributed by atoms with Crippen LogP contribution in [0.25, 0.3) is 0 Å². The highest BCUT2D eigenvalue weighted by molar-refractivity contribution is 7.90. The number of amides is 1. The van der Waals surface area contributed by atoms with Crippen LogP contribution in [0.2, 0.25) is 0 Å². The van der Waals surface area contributed by atoms with Gasteiger partial charge in [0.1, 0.15) is 5.75 Å². The summed E-state index contributed by atoms with van der Waals surface area (Å²) in [6.07, 6.45) is -0.962. The van der Waals surface area contributed by atoms with Crippen LogP contribution in [0.3, 0.4) is 0 Å². The van der Waals surface area contributed by atoms with E-state index >= 15 is 0 Å². The second kappa shape index (κ2) is 6.39. The number of nitrogens with zero attached hydrogens (tertiary/aromatic N) is 1. The van der Waals surface area contributed by atoms with Gasteiger partial charge in [-0.15, -0.1) is 0 Å². The molecule has 0 spiro atoms. The highest BCUT2D eigenvalue weighted by Gasteiger charge is 2.23. The minimum atomic E-state index is -3.67. The Balaban J connectivity index is 2.69. The number of hydrogen-bond donors (Lipinski definition) is 1. The van der Waals surface area contributed by atoms with E-state index in [4.69, 9.17) is 10.00 Å². The first-order valence-corrected chi connectivity index (χ1v) is 7.53. The third kappa shape index (κ3) is 4.24. The van der Waals surface area contributed by atoms with Gasteiger partial charge in [0.05, 0.1) is 16.9 Å². The molecule has 1 aromatic carbocycles. The highest BCUT2D eigenvalue weighted by atomic mass is 32.2. The van der Waals surface area contributed by atoms with E-state index in [2.05, 4.69) is 0 Å². The lowest BCUT2D eigenvalue weighted by Crippen LogP contribution is -2.42. The van der Waals surface area contributed by atoms with Crippen LogP contribution in [0.15, 0.2) is 24.3 Å². The Kier molecular flexibility index (Phi) is 5.11. The van der Waals surface area contributed by atoms with Crippen molar-refractivity contribution in [3.63, 3.8) is 0 Å². The molecule has 7 heteroatoms. The molecule has 0 aliphatic rings. The third-order valence-corrected chi connectivity index (χ3v) is 4.26. The predicted octanol–water partition coefficient (Wildman–Crippen LogP) is 1.18. The molecule has 0 aliphatic heterocycles. The molecule has 0 aromatic heterocycles. The molecule has 0 heterocycles. The van der Waals surface area contributed by atoms with Crippen LogP contribution < -0.4 is 9.46 Å². The molecule has 108 valence electrons. The zero-order chi connectivity index (χ0) is 15.3. The standard InChI is InChI=1S/C13H16N2O4S/c1-9(2)20(17,18)15-13(16)10(3)19-12-6-4-11(8-14)5-7-12/h4-7,9-10H,1-3H3,(H,15,16). The summed E-state index contributed by atoms with van der Waals surface area (Å²) in [5.41, 5.74) is 0.469. The summed E-state index contributed by atoms with van der Waals surface area (Å²) in [5.74, 6) is -0.350. The van der Waals surface area contributed by atoms with Gasteiger partial charge in [-0.05, 0) is 45.0 Å². The summed E-state index contributed by atoms with van der Waals surface area (Å²) >= 11 is 0. The molecule has 6 nitrogen and oxygen atoms in total. The Morgan fingerprint density at radius 2 is 1.80 bits per heavy atom. The van der Waals surface area contributed by atoms with Crippen molar-refractivity contribution in [2.24, 2.45) is 0 Å². The minimum absolute atomic E-state index is 0.383. The first-order valence-electron chi connectivity index (χ1n) is 5.98. The smallest absolute Gasteiger partial charge is 0.274 e. The van der Waals surface area contributed by atoms with Crippen molar-refractivity contribution in [1.82, 2.24) is 4.72 Å². The maximum Gasteiger partial charge on any atom is 0.274 e. The number of hydrogen-bond acceptors (Lipinski definition) is 5. The second-order valence-corrected chi connectivity index (χ2v) is 6.69. The quantitative estimate of drug-likeness (QED) is 0.880. The average molecular weight is 296 g/mol. The monoisotopic (exact) mass is 296 g/mol. The van der Waals surface area contributed by atoms with E-state index < -0.39 is 27.3 Å². The van der Waals surface area contributed by atoms with Crippen LogP contribution in [0.4, 0.5) is 0 Å². The summed E-state index contributed by atoms with van der Waals surface area (Å²) in [6, 6.07) is 8.13. The normalized spacial score (nSPS) is 12.6. The Morgan fingerprint density at radius 1 is 1.25 bits per heavy atom. The third-order valence-electron chi connectivity index (χ3n) is 2.53. The van der Waals surface area contributed by atoms with Gasteiger partial charge in [0.15, 0.2) is 6.10 Å². The number of benzene rings is 1. The zero-order valence-corrected chi connectivity index (χ0v) is 12.3. The first kappa shape index (κ1) is 16.0. The summed E-state index contributed by atoms with van der Waals surface area (Å²) in [7, 11) is -3.67. The summed E-state index contributed by atoms with van der Waals surface area (Å²) in [6.45, 7) is 4.40. The van der Waals surface area contributed by atoms with Gasteiger partial charge in [-0.3, -0.25) is 4.79 Å². The van der Waals surface area contributed by atoms with E-state index in [1.807, 2.05) is 10.8 Å². The topological polar surface area (TPSA) is 96.3 Å². The molecule has 0 saturated carbocycles. The number of sulfonamides is 1. The number of carbonyl (C=O) groups excluding carboxylic acids is 1. The lowest BCUT2D eigenvalue weighted by Gasteiger charge is -2.16. The van der Waals surface area contributed by atoms with E-state index in [1.54, 1.807) is 24.3 Å². The number of carbonyl (C=O) groups is 1. The Bertz CT molecular complexity index is 615. The predicted molar refractivity (Wildman–Crippen MR) is 73.4 cm³/mol. The van der Waals surface area contributed by atoms with Crippen molar-refractivity contribution >= 4 is 15.9 Å². The van der Waals surface area contributed by atoms with Crippen molar-refractivity contribution in [3.05, 3.63) is 29.8 Å². The van der Waals surface area contributed by atoms with Gasteiger partial charge >= 0.3 is 0 Å². The zero-order valence-electron chi connectivity index (χ0n) is 11.5. The minimum Gasteiger partial charge on any atom is -0.481 e. The lowest BCUT2D eigenvalue weighted by atomic mass is 10.2. The summed E-state index contributed by atoms with van der Waals surface area (Å²) in [4.78, 5) is 11.7. The molecule has 1 rings (SSSR count). The molecular formula is C13H16N2O4S. The molecule has 0 aliphatic carbocycles. The van der Waals surface area contributed by atoms with Crippen molar-refractivity contribution < 1.29 is 17.9 Å². The van der Waals surface area contributed by atoms with Gasteiger partial charge in [0.25, 0.3) is 5.91 Å². The molecule has 1 unspecified atom stereocenters. The van der Waals surface area contributed by atoms with E-state index in [9.17, 15) is 13.2 Å². The van der Waals surface area contributed by atoms with Crippen molar-refractivity contribution in [2.45, 2.75) is 32.1 Å². The lowest BCUT2D eigenvalue weighted by molar-refractivity contribution is -0.125. The Hall–Kier alpha value is -2.07. The molecule has 0 bridgehead atoms. The SMILES string of the molecule is CC(Oc1ccc(C#N)cc1)C(=O)NS(=O)(=O)C(C)C.